The molecule has 47 heavy (non-hydrogen) atoms. The standard InChI is InChI=1S/C39H43N3O5/c1-5-47-39(44)37-35(45-3)22-30(23-36(37)46-4)38(43)42-32(21-29-17-11-15-27-13-7-9-19-34(27)29)25-41-31(24-40-2)20-28-16-10-14-26-12-6-8-18-33(26)28/h6-19,22-23,31-32,40-41H,5,20-21,24-25H2,1-4H3,(H,42,43)/t31-,32+/m0/s1. The molecule has 5 aromatic rings. The molecule has 0 saturated carbocycles. The van der Waals surface area contributed by atoms with Crippen molar-refractivity contribution in [2.45, 2.75) is 31.8 Å². The van der Waals surface area contributed by atoms with Crippen molar-refractivity contribution in [3.05, 3.63) is 119 Å². The highest BCUT2D eigenvalue weighted by Crippen LogP contribution is 2.31. The van der Waals surface area contributed by atoms with Gasteiger partial charge in [0.05, 0.1) is 20.8 Å². The molecule has 0 bridgehead atoms. The first-order chi connectivity index (χ1) is 22.9. The molecule has 0 aliphatic heterocycles. The van der Waals surface area contributed by atoms with Gasteiger partial charge in [0, 0.05) is 30.7 Å². The van der Waals surface area contributed by atoms with E-state index in [1.54, 1.807) is 19.1 Å². The summed E-state index contributed by atoms with van der Waals surface area (Å²) in [5.41, 5.74) is 2.87. The normalized spacial score (nSPS) is 12.4. The van der Waals surface area contributed by atoms with Crippen molar-refractivity contribution in [3.8, 4) is 11.5 Å². The van der Waals surface area contributed by atoms with Gasteiger partial charge in [0.2, 0.25) is 0 Å². The maximum Gasteiger partial charge on any atom is 0.345 e. The van der Waals surface area contributed by atoms with Crippen LogP contribution < -0.4 is 25.4 Å². The predicted molar refractivity (Wildman–Crippen MR) is 188 cm³/mol. The third-order valence-electron chi connectivity index (χ3n) is 8.38. The van der Waals surface area contributed by atoms with Gasteiger partial charge in [0.15, 0.2) is 0 Å². The average Bonchev–Trinajstić information content (AvgIpc) is 3.10. The van der Waals surface area contributed by atoms with Gasteiger partial charge in [-0.1, -0.05) is 84.9 Å². The molecule has 0 saturated heterocycles. The smallest absolute Gasteiger partial charge is 0.345 e. The van der Waals surface area contributed by atoms with E-state index in [4.69, 9.17) is 14.2 Å². The van der Waals surface area contributed by atoms with E-state index in [0.717, 1.165) is 29.3 Å². The Hall–Kier alpha value is -4.92. The molecule has 0 fully saturated rings. The Morgan fingerprint density at radius 3 is 1.77 bits per heavy atom. The summed E-state index contributed by atoms with van der Waals surface area (Å²) in [6.07, 6.45) is 1.43. The van der Waals surface area contributed by atoms with Gasteiger partial charge in [-0.3, -0.25) is 4.79 Å². The molecule has 8 heteroatoms. The quantitative estimate of drug-likeness (QED) is 0.123. The zero-order valence-electron chi connectivity index (χ0n) is 27.5. The molecule has 0 aliphatic rings. The van der Waals surface area contributed by atoms with Crippen molar-refractivity contribution in [2.24, 2.45) is 0 Å². The van der Waals surface area contributed by atoms with Gasteiger partial charge in [-0.05, 0) is 71.6 Å². The number of benzene rings is 5. The summed E-state index contributed by atoms with van der Waals surface area (Å²) in [4.78, 5) is 26.6. The second kappa shape index (κ2) is 16.1. The Balaban J connectivity index is 1.42. The van der Waals surface area contributed by atoms with Crippen LogP contribution in [0.4, 0.5) is 0 Å². The Kier molecular flexibility index (Phi) is 11.4. The number of methoxy groups -OCH3 is 2. The van der Waals surface area contributed by atoms with E-state index in [1.807, 2.05) is 19.2 Å². The summed E-state index contributed by atoms with van der Waals surface area (Å²) in [6.45, 7) is 3.21. The van der Waals surface area contributed by atoms with Gasteiger partial charge in [-0.2, -0.15) is 0 Å². The van der Waals surface area contributed by atoms with Crippen LogP contribution in [-0.4, -0.2) is 64.9 Å². The second-order valence-corrected chi connectivity index (χ2v) is 11.5. The number of hydrogen-bond donors (Lipinski definition) is 3. The summed E-state index contributed by atoms with van der Waals surface area (Å²) < 4.78 is 16.2. The van der Waals surface area contributed by atoms with Crippen LogP contribution >= 0.6 is 0 Å². The third-order valence-corrected chi connectivity index (χ3v) is 8.38. The second-order valence-electron chi connectivity index (χ2n) is 11.5. The Bertz CT molecular complexity index is 1800. The van der Waals surface area contributed by atoms with E-state index in [2.05, 4.69) is 88.7 Å². The topological polar surface area (TPSA) is 97.9 Å². The minimum absolute atomic E-state index is 0.113. The molecule has 0 aliphatic carbocycles. The lowest BCUT2D eigenvalue weighted by Gasteiger charge is -2.25. The molecule has 8 nitrogen and oxygen atoms in total. The van der Waals surface area contributed by atoms with Crippen LogP contribution in [0.1, 0.15) is 38.8 Å². The molecular formula is C39H43N3O5. The molecule has 0 radical (unpaired) electrons. The van der Waals surface area contributed by atoms with Gasteiger partial charge in [0.1, 0.15) is 17.1 Å². The van der Waals surface area contributed by atoms with Crippen LogP contribution in [0.3, 0.4) is 0 Å². The molecular weight excluding hydrogens is 590 g/mol. The number of carbonyl (C=O) groups excluding carboxylic acids is 2. The molecule has 0 aromatic heterocycles. The number of nitrogens with one attached hydrogen (secondary N) is 3. The van der Waals surface area contributed by atoms with Crippen LogP contribution in [0, 0.1) is 0 Å². The molecule has 244 valence electrons. The lowest BCUT2D eigenvalue weighted by molar-refractivity contribution is 0.0518. The van der Waals surface area contributed by atoms with E-state index in [-0.39, 0.29) is 41.7 Å². The lowest BCUT2D eigenvalue weighted by atomic mass is 9.97. The van der Waals surface area contributed by atoms with Crippen LogP contribution in [0.25, 0.3) is 21.5 Å². The highest BCUT2D eigenvalue weighted by atomic mass is 16.5. The Labute approximate surface area is 276 Å². The van der Waals surface area contributed by atoms with Gasteiger partial charge in [0.25, 0.3) is 5.91 Å². The third kappa shape index (κ3) is 8.09. The first kappa shape index (κ1) is 33.4. The van der Waals surface area contributed by atoms with Gasteiger partial charge < -0.3 is 30.2 Å². The van der Waals surface area contributed by atoms with E-state index in [9.17, 15) is 9.59 Å². The summed E-state index contributed by atoms with van der Waals surface area (Å²) >= 11 is 0. The fourth-order valence-corrected chi connectivity index (χ4v) is 6.13. The molecule has 5 rings (SSSR count). The van der Waals surface area contributed by atoms with Crippen LogP contribution in [-0.2, 0) is 17.6 Å². The average molecular weight is 634 g/mol. The lowest BCUT2D eigenvalue weighted by Crippen LogP contribution is -2.48. The Morgan fingerprint density at radius 2 is 1.23 bits per heavy atom. The molecule has 2 atom stereocenters. The molecule has 0 spiro atoms. The van der Waals surface area contributed by atoms with Crippen molar-refractivity contribution < 1.29 is 23.8 Å². The highest BCUT2D eigenvalue weighted by Gasteiger charge is 2.25. The molecule has 0 heterocycles. The van der Waals surface area contributed by atoms with E-state index in [1.165, 1.54) is 30.6 Å². The fourth-order valence-electron chi connectivity index (χ4n) is 6.13. The summed E-state index contributed by atoms with van der Waals surface area (Å²) in [5, 5.41) is 15.1. The number of carbonyl (C=O) groups is 2. The highest BCUT2D eigenvalue weighted by molar-refractivity contribution is 6.01. The first-order valence-electron chi connectivity index (χ1n) is 16.0. The number of ether oxygens (including phenoxy) is 3. The number of rotatable bonds is 15. The fraction of sp³-hybridized carbons (Fsp3) is 0.282. The van der Waals surface area contributed by atoms with Crippen molar-refractivity contribution >= 4 is 33.4 Å². The summed E-state index contributed by atoms with van der Waals surface area (Å²) in [5.74, 6) is -0.460. The number of esters is 1. The minimum atomic E-state index is -0.576. The van der Waals surface area contributed by atoms with Gasteiger partial charge in [-0.15, -0.1) is 0 Å². The minimum Gasteiger partial charge on any atom is -0.496 e. The predicted octanol–water partition coefficient (Wildman–Crippen LogP) is 5.95. The Morgan fingerprint density at radius 1 is 0.702 bits per heavy atom. The van der Waals surface area contributed by atoms with Gasteiger partial charge >= 0.3 is 5.97 Å². The van der Waals surface area contributed by atoms with Crippen molar-refractivity contribution in [3.63, 3.8) is 0 Å². The van der Waals surface area contributed by atoms with E-state index >= 15 is 0 Å². The monoisotopic (exact) mass is 633 g/mol. The summed E-state index contributed by atoms with van der Waals surface area (Å²) in [6, 6.07) is 32.4. The first-order valence-corrected chi connectivity index (χ1v) is 16.0. The zero-order chi connectivity index (χ0) is 33.2. The zero-order valence-corrected chi connectivity index (χ0v) is 27.5. The van der Waals surface area contributed by atoms with Crippen LogP contribution in [0.15, 0.2) is 97.1 Å². The number of hydrogen-bond acceptors (Lipinski definition) is 7. The maximum atomic E-state index is 13.9. The maximum absolute atomic E-state index is 13.9. The van der Waals surface area contributed by atoms with E-state index in [0.29, 0.717) is 18.5 Å². The number of fused-ring (bicyclic) bond motifs is 2. The van der Waals surface area contributed by atoms with Crippen molar-refractivity contribution in [1.82, 2.24) is 16.0 Å². The van der Waals surface area contributed by atoms with Crippen molar-refractivity contribution in [2.75, 3.05) is 41.0 Å². The van der Waals surface area contributed by atoms with Crippen LogP contribution in [0.2, 0.25) is 0 Å². The molecule has 5 aromatic carbocycles. The van der Waals surface area contributed by atoms with Crippen molar-refractivity contribution in [1.29, 1.82) is 0 Å². The largest absolute Gasteiger partial charge is 0.496 e. The molecule has 3 N–H and O–H groups in total. The summed E-state index contributed by atoms with van der Waals surface area (Å²) in [7, 11) is 4.85. The van der Waals surface area contributed by atoms with Gasteiger partial charge in [-0.25, -0.2) is 4.79 Å². The van der Waals surface area contributed by atoms with E-state index < -0.39 is 5.97 Å². The SMILES string of the molecule is CCOC(=O)c1c(OC)cc(C(=O)N[C@@H](CN[C@H](CNC)Cc2cccc3ccccc23)Cc2cccc3ccccc23)cc1OC. The molecule has 0 unspecified atom stereocenters. The number of amides is 1. The van der Waals surface area contributed by atoms with Crippen LogP contribution in [0.5, 0.6) is 11.5 Å². The number of likely N-dealkylation sites (N-methyl/N-ethyl adjacent to an activating group) is 1. The molecule has 1 amide bonds.